The first-order chi connectivity index (χ1) is 17.3. The number of unbranched alkanes of at least 4 members (excludes halogenated alkanes) is 1. The van der Waals surface area contributed by atoms with E-state index < -0.39 is 5.76 Å². The van der Waals surface area contributed by atoms with Crippen LogP contribution in [0.15, 0.2) is 59.5 Å². The fourth-order valence-electron chi connectivity index (χ4n) is 4.02. The highest BCUT2D eigenvalue weighted by atomic mass is 32.2. The molecule has 1 fully saturated rings. The lowest BCUT2D eigenvalue weighted by Crippen LogP contribution is -2.54. The zero-order valence-corrected chi connectivity index (χ0v) is 22.7. The molecule has 5 nitrogen and oxygen atoms in total. The van der Waals surface area contributed by atoms with Crippen LogP contribution in [0.5, 0.6) is 0 Å². The van der Waals surface area contributed by atoms with E-state index in [4.69, 9.17) is 9.59 Å². The molecule has 1 aliphatic heterocycles. The maximum absolute atomic E-state index is 13.0. The van der Waals surface area contributed by atoms with E-state index >= 15 is 0 Å². The van der Waals surface area contributed by atoms with Crippen molar-refractivity contribution in [3.05, 3.63) is 65.7 Å². The Morgan fingerprint density at radius 2 is 1.47 bits per heavy atom. The molecule has 1 aliphatic rings. The van der Waals surface area contributed by atoms with Crippen molar-refractivity contribution in [2.45, 2.75) is 68.6 Å². The lowest BCUT2D eigenvalue weighted by atomic mass is 9.68. The number of thioether (sulfide) groups is 1. The van der Waals surface area contributed by atoms with Gasteiger partial charge in [-0.3, -0.25) is 4.79 Å². The van der Waals surface area contributed by atoms with E-state index in [1.54, 1.807) is 24.3 Å². The normalized spacial score (nSPS) is 15.1. The monoisotopic (exact) mass is 522 g/mol. The third-order valence-corrected chi connectivity index (χ3v) is 7.04. The molecule has 0 bridgehead atoms. The van der Waals surface area contributed by atoms with E-state index in [-0.39, 0.29) is 17.4 Å². The standard InChI is InChI=1S/C22H26F2N2OS.C4H10.2CH2O/c1-16(25-20(27)18-10-6-7-11-19(18)28-21(23)24)22(12-14-26(2)15-13-22)17-8-4-3-5-9-17;1-3-4-2;2*1-2/h3-11,16,21H,12-15H2,1-2H3,(H,25,27);3-4H2,1-2H3;2*1H2/t16-;;;/m0.../s1. The number of hydrogen-bond acceptors (Lipinski definition) is 5. The molecule has 0 unspecified atom stereocenters. The van der Waals surface area contributed by atoms with Gasteiger partial charge in [0.25, 0.3) is 11.7 Å². The zero-order valence-electron chi connectivity index (χ0n) is 21.8. The molecule has 200 valence electrons. The summed E-state index contributed by atoms with van der Waals surface area (Å²) in [6.45, 7) is 12.3. The van der Waals surface area contributed by atoms with Crippen LogP contribution in [0.1, 0.15) is 62.4 Å². The molecule has 2 aromatic rings. The molecular formula is C28H40F2N2O3S. The number of benzene rings is 2. The summed E-state index contributed by atoms with van der Waals surface area (Å²) in [7, 11) is 2.11. The van der Waals surface area contributed by atoms with Gasteiger partial charge in [-0.25, -0.2) is 0 Å². The average Bonchev–Trinajstić information content (AvgIpc) is 2.92. The maximum atomic E-state index is 13.0. The predicted molar refractivity (Wildman–Crippen MR) is 145 cm³/mol. The van der Waals surface area contributed by atoms with Crippen molar-refractivity contribution in [1.29, 1.82) is 0 Å². The number of alkyl halides is 2. The summed E-state index contributed by atoms with van der Waals surface area (Å²) in [5.74, 6) is -2.86. The summed E-state index contributed by atoms with van der Waals surface area (Å²) in [5.41, 5.74) is 1.34. The second kappa shape index (κ2) is 18.7. The molecule has 0 aliphatic carbocycles. The number of amides is 1. The quantitative estimate of drug-likeness (QED) is 0.437. The van der Waals surface area contributed by atoms with Gasteiger partial charge in [0.05, 0.1) is 5.56 Å². The summed E-state index contributed by atoms with van der Waals surface area (Å²) >= 11 is 0.411. The first-order valence-corrected chi connectivity index (χ1v) is 12.9. The predicted octanol–water partition coefficient (Wildman–Crippen LogP) is 6.22. The van der Waals surface area contributed by atoms with Crippen LogP contribution >= 0.6 is 11.8 Å². The van der Waals surface area contributed by atoms with Crippen LogP contribution in [-0.4, -0.2) is 56.3 Å². The van der Waals surface area contributed by atoms with E-state index in [1.165, 1.54) is 18.4 Å². The number of carbonyl (C=O) groups excluding carboxylic acids is 3. The van der Waals surface area contributed by atoms with Crippen molar-refractivity contribution in [2.24, 2.45) is 0 Å². The van der Waals surface area contributed by atoms with E-state index in [0.29, 0.717) is 22.2 Å². The van der Waals surface area contributed by atoms with Crippen LogP contribution in [0.25, 0.3) is 0 Å². The minimum Gasteiger partial charge on any atom is -0.349 e. The molecule has 0 radical (unpaired) electrons. The SMILES string of the molecule is C=O.C=O.CCCC.C[C@H](NC(=O)c1ccccc1SC(F)F)C1(c2ccccc2)CCN(C)CC1. The van der Waals surface area contributed by atoms with Crippen LogP contribution in [0.3, 0.4) is 0 Å². The average molecular weight is 523 g/mol. The van der Waals surface area contributed by atoms with Gasteiger partial charge in [-0.1, -0.05) is 80.9 Å². The lowest BCUT2D eigenvalue weighted by Gasteiger charge is -2.45. The van der Waals surface area contributed by atoms with Crippen molar-refractivity contribution in [3.8, 4) is 0 Å². The van der Waals surface area contributed by atoms with E-state index in [9.17, 15) is 13.6 Å². The van der Waals surface area contributed by atoms with Gasteiger partial charge in [0.15, 0.2) is 0 Å². The number of likely N-dealkylation sites (tertiary alicyclic amines) is 1. The Balaban J connectivity index is 0.00000137. The molecule has 0 saturated carbocycles. The summed E-state index contributed by atoms with van der Waals surface area (Å²) in [6, 6.07) is 16.7. The molecule has 1 amide bonds. The Hall–Kier alpha value is -2.58. The van der Waals surface area contributed by atoms with Crippen LogP contribution < -0.4 is 5.32 Å². The van der Waals surface area contributed by atoms with Crippen LogP contribution in [-0.2, 0) is 15.0 Å². The van der Waals surface area contributed by atoms with Crippen molar-refractivity contribution in [3.63, 3.8) is 0 Å². The van der Waals surface area contributed by atoms with Gasteiger partial charge in [0, 0.05) is 16.4 Å². The van der Waals surface area contributed by atoms with E-state index in [0.717, 1.165) is 25.9 Å². The Morgan fingerprint density at radius 1 is 0.972 bits per heavy atom. The summed E-state index contributed by atoms with van der Waals surface area (Å²) in [4.78, 5) is 31.6. The number of halogens is 2. The van der Waals surface area contributed by atoms with Gasteiger partial charge >= 0.3 is 0 Å². The Labute approximate surface area is 219 Å². The fraction of sp³-hybridized carbons (Fsp3) is 0.464. The van der Waals surface area contributed by atoms with Crippen molar-refractivity contribution in [1.82, 2.24) is 10.2 Å². The van der Waals surface area contributed by atoms with Gasteiger partial charge in [-0.15, -0.1) is 0 Å². The lowest BCUT2D eigenvalue weighted by molar-refractivity contribution is -0.0987. The highest BCUT2D eigenvalue weighted by Crippen LogP contribution is 2.39. The van der Waals surface area contributed by atoms with E-state index in [2.05, 4.69) is 43.2 Å². The van der Waals surface area contributed by atoms with Crippen LogP contribution in [0, 0.1) is 0 Å². The largest absolute Gasteiger partial charge is 0.349 e. The van der Waals surface area contributed by atoms with Gasteiger partial charge in [-0.05, 0) is 57.6 Å². The summed E-state index contributed by atoms with van der Waals surface area (Å²) < 4.78 is 25.7. The molecule has 0 spiro atoms. The molecule has 36 heavy (non-hydrogen) atoms. The molecule has 0 aromatic heterocycles. The van der Waals surface area contributed by atoms with Crippen molar-refractivity contribution < 1.29 is 23.2 Å². The Bertz CT molecular complexity index is 859. The smallest absolute Gasteiger partial charge is 0.288 e. The second-order valence-corrected chi connectivity index (χ2v) is 9.43. The molecule has 2 aromatic carbocycles. The van der Waals surface area contributed by atoms with Crippen molar-refractivity contribution >= 4 is 31.2 Å². The molecular weight excluding hydrogens is 482 g/mol. The van der Waals surface area contributed by atoms with Crippen molar-refractivity contribution in [2.75, 3.05) is 20.1 Å². The van der Waals surface area contributed by atoms with Gasteiger partial charge < -0.3 is 19.8 Å². The number of carbonyl (C=O) groups is 3. The number of hydrogen-bond donors (Lipinski definition) is 1. The molecule has 1 heterocycles. The van der Waals surface area contributed by atoms with Gasteiger partial charge in [-0.2, -0.15) is 8.78 Å². The number of rotatable bonds is 7. The summed E-state index contributed by atoms with van der Waals surface area (Å²) in [6.07, 6.45) is 4.50. The number of piperidine rings is 1. The molecule has 1 saturated heterocycles. The molecule has 3 rings (SSSR count). The minimum absolute atomic E-state index is 0.124. The molecule has 1 N–H and O–H groups in total. The van der Waals surface area contributed by atoms with Gasteiger partial charge in [0.2, 0.25) is 0 Å². The first-order valence-electron chi connectivity index (χ1n) is 12.0. The summed E-state index contributed by atoms with van der Waals surface area (Å²) in [5, 5.41) is 3.12. The first kappa shape index (κ1) is 33.4. The highest BCUT2D eigenvalue weighted by molar-refractivity contribution is 7.99. The number of nitrogens with zero attached hydrogens (tertiary/aromatic N) is 1. The molecule has 1 atom stereocenters. The fourth-order valence-corrected chi connectivity index (χ4v) is 4.66. The van der Waals surface area contributed by atoms with Crippen LogP contribution in [0.2, 0.25) is 0 Å². The minimum atomic E-state index is -2.56. The third-order valence-electron chi connectivity index (χ3n) is 6.25. The second-order valence-electron chi connectivity index (χ2n) is 8.40. The van der Waals surface area contributed by atoms with Crippen LogP contribution in [0.4, 0.5) is 8.78 Å². The third kappa shape index (κ3) is 10.2. The topological polar surface area (TPSA) is 66.5 Å². The highest BCUT2D eigenvalue weighted by Gasteiger charge is 2.41. The molecule has 8 heteroatoms. The Kier molecular flexibility index (Phi) is 17.3. The number of nitrogens with one attached hydrogen (secondary N) is 1. The van der Waals surface area contributed by atoms with Gasteiger partial charge in [0.1, 0.15) is 13.6 Å². The Morgan fingerprint density at radius 3 is 1.97 bits per heavy atom. The zero-order chi connectivity index (χ0) is 27.6. The maximum Gasteiger partial charge on any atom is 0.288 e. The van der Waals surface area contributed by atoms with E-state index in [1.807, 2.05) is 38.7 Å².